The van der Waals surface area contributed by atoms with E-state index in [0.717, 1.165) is 0 Å². The number of benzene rings is 3. The topological polar surface area (TPSA) is 196 Å². The maximum Gasteiger partial charge on any atom is 0.246 e. The standard InChI is InChI=1S/C44H56N6O10/c1-26-39(52)47-33(10-8-9-21-51)43(56)48(3)34(22-28-11-16-31(58-6)17-12-28)41(54)46-27(2)42(55)50(5)36-23-29-13-18-32(19-14-29)60-38-25-30(15-20-37(38)59-7)24-35(40(53)45-26)49(4)44(36)57/h11-20,25-27,33-36,51H,8-10,21-24H2,1-7H3,(H,45,53)(H,46,54)(H,47,52)/t26-,27+,33+,34+,35+,36+/m1/s1. The Morgan fingerprint density at radius 2 is 1.30 bits per heavy atom. The fourth-order valence-electron chi connectivity index (χ4n) is 7.39. The fourth-order valence-corrected chi connectivity index (χ4v) is 7.39. The molecule has 4 N–H and O–H groups in total. The number of aliphatic hydroxyl groups excluding tert-OH is 1. The first-order valence-corrected chi connectivity index (χ1v) is 20.0. The third-order valence-electron chi connectivity index (χ3n) is 11.2. The number of carbonyl (C=O) groups excluding carboxylic acids is 6. The lowest BCUT2D eigenvalue weighted by atomic mass is 9.98. The van der Waals surface area contributed by atoms with Gasteiger partial charge in [0.2, 0.25) is 35.4 Å². The molecule has 0 unspecified atom stereocenters. The van der Waals surface area contributed by atoms with Gasteiger partial charge in [0, 0.05) is 47.0 Å². The predicted octanol–water partition coefficient (Wildman–Crippen LogP) is 1.99. The van der Waals surface area contributed by atoms with Gasteiger partial charge < -0.3 is 50.0 Å². The minimum Gasteiger partial charge on any atom is -0.497 e. The van der Waals surface area contributed by atoms with Crippen molar-refractivity contribution in [3.05, 3.63) is 83.4 Å². The number of likely N-dealkylation sites (N-methyl/N-ethyl adjacent to an activating group) is 3. The molecule has 0 radical (unpaired) electrons. The lowest BCUT2D eigenvalue weighted by molar-refractivity contribution is -0.149. The monoisotopic (exact) mass is 828 g/mol. The minimum atomic E-state index is -1.19. The van der Waals surface area contributed by atoms with E-state index in [1.165, 1.54) is 63.9 Å². The van der Waals surface area contributed by atoms with E-state index in [1.807, 2.05) is 0 Å². The van der Waals surface area contributed by atoms with Crippen LogP contribution in [0.4, 0.5) is 0 Å². The Hall–Kier alpha value is -6.16. The Labute approximate surface area is 350 Å². The molecule has 0 spiro atoms. The van der Waals surface area contributed by atoms with E-state index >= 15 is 0 Å². The van der Waals surface area contributed by atoms with Crippen LogP contribution in [0, 0.1) is 0 Å². The van der Waals surface area contributed by atoms with Gasteiger partial charge in [0.05, 0.1) is 14.2 Å². The molecule has 322 valence electrons. The molecule has 1 fully saturated rings. The van der Waals surface area contributed by atoms with Gasteiger partial charge in [0.15, 0.2) is 11.5 Å². The zero-order valence-corrected chi connectivity index (χ0v) is 35.2. The van der Waals surface area contributed by atoms with Crippen molar-refractivity contribution in [2.24, 2.45) is 0 Å². The number of hydrogen-bond donors (Lipinski definition) is 4. The van der Waals surface area contributed by atoms with Gasteiger partial charge in [-0.25, -0.2) is 0 Å². The summed E-state index contributed by atoms with van der Waals surface area (Å²) in [7, 11) is 7.43. The van der Waals surface area contributed by atoms with Crippen LogP contribution in [0.2, 0.25) is 0 Å². The first-order chi connectivity index (χ1) is 28.6. The summed E-state index contributed by atoms with van der Waals surface area (Å²) in [5.74, 6) is -1.78. The molecule has 0 aromatic heterocycles. The number of rotatable bonds is 8. The van der Waals surface area contributed by atoms with Crippen LogP contribution in [0.1, 0.15) is 49.8 Å². The number of aliphatic hydroxyl groups is 1. The zero-order valence-electron chi connectivity index (χ0n) is 35.2. The Kier molecular flexibility index (Phi) is 15.1. The second-order valence-corrected chi connectivity index (χ2v) is 15.3. The summed E-state index contributed by atoms with van der Waals surface area (Å²) in [5, 5.41) is 17.8. The predicted molar refractivity (Wildman–Crippen MR) is 221 cm³/mol. The summed E-state index contributed by atoms with van der Waals surface area (Å²) in [6.07, 6.45) is 0.913. The highest BCUT2D eigenvalue weighted by Crippen LogP contribution is 2.34. The average molecular weight is 829 g/mol. The van der Waals surface area contributed by atoms with Crippen LogP contribution in [0.3, 0.4) is 0 Å². The van der Waals surface area contributed by atoms with Crippen molar-refractivity contribution in [3.8, 4) is 23.0 Å². The van der Waals surface area contributed by atoms with Gasteiger partial charge in [0.1, 0.15) is 47.8 Å². The molecule has 0 saturated carbocycles. The molecular formula is C44H56N6O10. The molecule has 16 nitrogen and oxygen atoms in total. The fraction of sp³-hybridized carbons (Fsp3) is 0.455. The van der Waals surface area contributed by atoms with Gasteiger partial charge in [-0.2, -0.15) is 0 Å². The molecule has 6 rings (SSSR count). The SMILES string of the molecule is COc1ccc(C[C@H]2C(=O)N[C@@H](C)C(=O)N(C)[C@H]3Cc4ccc(cc4)Oc4cc(ccc4OC)C[C@@H](C(=O)N[C@H](C)C(=O)N[C@@H](CCCCO)C(=O)N2C)N(C)C3=O)cc1. The number of fused-ring (bicyclic) bond motifs is 2. The Morgan fingerprint density at radius 1 is 0.667 bits per heavy atom. The average Bonchev–Trinajstić information content (AvgIpc) is 3.24. The van der Waals surface area contributed by atoms with Crippen LogP contribution >= 0.6 is 0 Å². The third kappa shape index (κ3) is 10.7. The minimum absolute atomic E-state index is 0.0140. The van der Waals surface area contributed by atoms with E-state index in [4.69, 9.17) is 14.2 Å². The van der Waals surface area contributed by atoms with Gasteiger partial charge in [-0.3, -0.25) is 28.8 Å². The van der Waals surface area contributed by atoms with Crippen molar-refractivity contribution in [2.75, 3.05) is 42.0 Å². The summed E-state index contributed by atoms with van der Waals surface area (Å²) in [6.45, 7) is 2.83. The van der Waals surface area contributed by atoms with E-state index in [2.05, 4.69) is 16.0 Å². The molecule has 6 atom stereocenters. The molecule has 3 aliphatic heterocycles. The first kappa shape index (κ1) is 44.9. The van der Waals surface area contributed by atoms with E-state index < -0.39 is 71.7 Å². The number of methoxy groups -OCH3 is 2. The molecule has 16 heteroatoms. The summed E-state index contributed by atoms with van der Waals surface area (Å²) in [5.41, 5.74) is 1.98. The smallest absolute Gasteiger partial charge is 0.246 e. The van der Waals surface area contributed by atoms with Crippen molar-refractivity contribution < 1.29 is 48.1 Å². The molecule has 3 aliphatic rings. The summed E-state index contributed by atoms with van der Waals surface area (Å²) >= 11 is 0. The molecule has 1 saturated heterocycles. The maximum atomic E-state index is 14.8. The largest absolute Gasteiger partial charge is 0.497 e. The summed E-state index contributed by atoms with van der Waals surface area (Å²) in [4.78, 5) is 89.7. The molecule has 3 heterocycles. The van der Waals surface area contributed by atoms with E-state index in [1.54, 1.807) is 66.7 Å². The maximum absolute atomic E-state index is 14.8. The number of amides is 6. The summed E-state index contributed by atoms with van der Waals surface area (Å²) < 4.78 is 17.0. The Morgan fingerprint density at radius 3 is 1.95 bits per heavy atom. The van der Waals surface area contributed by atoms with Crippen molar-refractivity contribution in [1.82, 2.24) is 30.7 Å². The highest BCUT2D eigenvalue weighted by atomic mass is 16.5. The Bertz CT molecular complexity index is 2030. The quantitative estimate of drug-likeness (QED) is 0.244. The van der Waals surface area contributed by atoms with E-state index in [9.17, 15) is 33.9 Å². The highest BCUT2D eigenvalue weighted by molar-refractivity contribution is 5.98. The number of nitrogens with zero attached hydrogens (tertiary/aromatic N) is 3. The number of hydrogen-bond acceptors (Lipinski definition) is 10. The van der Waals surface area contributed by atoms with E-state index in [0.29, 0.717) is 52.5 Å². The van der Waals surface area contributed by atoms with Gasteiger partial charge in [-0.15, -0.1) is 0 Å². The molecule has 6 amide bonds. The third-order valence-corrected chi connectivity index (χ3v) is 11.2. The second kappa shape index (κ2) is 20.2. The van der Waals surface area contributed by atoms with Gasteiger partial charge >= 0.3 is 0 Å². The number of nitrogens with one attached hydrogen (secondary N) is 3. The van der Waals surface area contributed by atoms with Crippen LogP contribution in [-0.4, -0.2) is 133 Å². The molecule has 0 aliphatic carbocycles. The van der Waals surface area contributed by atoms with Gasteiger partial charge in [-0.1, -0.05) is 30.3 Å². The Balaban J connectivity index is 1.60. The van der Waals surface area contributed by atoms with E-state index in [-0.39, 0.29) is 32.3 Å². The van der Waals surface area contributed by atoms with Crippen molar-refractivity contribution in [1.29, 1.82) is 0 Å². The zero-order chi connectivity index (χ0) is 43.7. The molecular weight excluding hydrogens is 773 g/mol. The summed E-state index contributed by atoms with van der Waals surface area (Å²) in [6, 6.07) is 12.2. The number of carbonyl (C=O) groups is 6. The molecule has 3 aromatic rings. The number of ether oxygens (including phenoxy) is 3. The van der Waals surface area contributed by atoms with Crippen molar-refractivity contribution >= 4 is 35.4 Å². The first-order valence-electron chi connectivity index (χ1n) is 20.0. The highest BCUT2D eigenvalue weighted by Gasteiger charge is 2.39. The van der Waals surface area contributed by atoms with Gasteiger partial charge in [0.25, 0.3) is 0 Å². The van der Waals surface area contributed by atoms with Crippen LogP contribution < -0.4 is 30.2 Å². The number of unbranched alkanes of at least 4 members (excludes halogenated alkanes) is 1. The second-order valence-electron chi connectivity index (χ2n) is 15.3. The molecule has 6 bridgehead atoms. The van der Waals surface area contributed by atoms with Gasteiger partial charge in [-0.05, 0) is 86.2 Å². The van der Waals surface area contributed by atoms with Crippen molar-refractivity contribution in [3.63, 3.8) is 0 Å². The van der Waals surface area contributed by atoms with Crippen LogP contribution in [0.25, 0.3) is 0 Å². The van der Waals surface area contributed by atoms with Crippen molar-refractivity contribution in [2.45, 2.75) is 88.6 Å². The lowest BCUT2D eigenvalue weighted by Crippen LogP contribution is -2.62. The lowest BCUT2D eigenvalue weighted by Gasteiger charge is -2.37. The molecule has 60 heavy (non-hydrogen) atoms. The normalized spacial score (nSPS) is 23.5. The van der Waals surface area contributed by atoms with Crippen LogP contribution in [0.5, 0.6) is 23.0 Å². The molecule has 3 aromatic carbocycles. The van der Waals surface area contributed by atoms with Crippen LogP contribution in [-0.2, 0) is 48.0 Å². The van der Waals surface area contributed by atoms with Crippen LogP contribution in [0.15, 0.2) is 66.7 Å².